The van der Waals surface area contributed by atoms with Gasteiger partial charge in [-0.1, -0.05) is 13.3 Å². The lowest BCUT2D eigenvalue weighted by atomic mass is 9.94. The molecule has 4 heteroatoms. The Bertz CT molecular complexity index is 460. The normalized spacial score (nSPS) is 17.3. The maximum absolute atomic E-state index is 14.7. The molecule has 1 aliphatic rings. The van der Waals surface area contributed by atoms with Gasteiger partial charge in [-0.25, -0.2) is 9.37 Å². The molecule has 1 aromatic rings. The second kappa shape index (κ2) is 6.73. The van der Waals surface area contributed by atoms with Crippen LogP contribution in [0.3, 0.4) is 0 Å². The molecular formula is C17H28FN3. The molecule has 118 valence electrons. The van der Waals surface area contributed by atoms with E-state index in [2.05, 4.69) is 42.9 Å². The van der Waals surface area contributed by atoms with Crippen LogP contribution in [0.15, 0.2) is 12.3 Å². The van der Waals surface area contributed by atoms with Crippen molar-refractivity contribution < 1.29 is 4.39 Å². The number of pyridine rings is 1. The van der Waals surface area contributed by atoms with Crippen LogP contribution in [-0.2, 0) is 6.54 Å². The molecule has 21 heavy (non-hydrogen) atoms. The van der Waals surface area contributed by atoms with Gasteiger partial charge in [0.15, 0.2) is 11.6 Å². The average molecular weight is 293 g/mol. The predicted molar refractivity (Wildman–Crippen MR) is 86.0 cm³/mol. The zero-order valence-electron chi connectivity index (χ0n) is 13.7. The first-order valence-corrected chi connectivity index (χ1v) is 8.04. The standard InChI is InChI=1S/C17H28FN3/c1-5-13-7-10-21(11-8-13)16-15(18)14(6-9-19-16)12-20-17(2,3)4/h6,9,13,20H,5,7-8,10-12H2,1-4H3. The number of rotatable bonds is 4. The van der Waals surface area contributed by atoms with Gasteiger partial charge in [-0.05, 0) is 45.6 Å². The van der Waals surface area contributed by atoms with E-state index in [1.165, 1.54) is 6.42 Å². The molecule has 0 atom stereocenters. The quantitative estimate of drug-likeness (QED) is 0.916. The zero-order valence-corrected chi connectivity index (χ0v) is 13.7. The molecule has 1 aliphatic heterocycles. The molecule has 2 heterocycles. The van der Waals surface area contributed by atoms with Crippen molar-refractivity contribution in [2.75, 3.05) is 18.0 Å². The molecule has 1 N–H and O–H groups in total. The minimum absolute atomic E-state index is 0.0185. The molecule has 0 amide bonds. The summed E-state index contributed by atoms with van der Waals surface area (Å²) in [5.74, 6) is 1.15. The summed E-state index contributed by atoms with van der Waals surface area (Å²) in [5.41, 5.74) is 0.683. The fraction of sp³-hybridized carbons (Fsp3) is 0.706. The summed E-state index contributed by atoms with van der Waals surface area (Å²) in [6, 6.07) is 1.77. The van der Waals surface area contributed by atoms with Gasteiger partial charge in [0, 0.05) is 36.9 Å². The summed E-state index contributed by atoms with van der Waals surface area (Å²) < 4.78 is 14.7. The molecule has 0 radical (unpaired) electrons. The van der Waals surface area contributed by atoms with Gasteiger partial charge in [-0.15, -0.1) is 0 Å². The van der Waals surface area contributed by atoms with Crippen molar-refractivity contribution in [3.63, 3.8) is 0 Å². The van der Waals surface area contributed by atoms with Gasteiger partial charge in [-0.2, -0.15) is 0 Å². The molecule has 1 fully saturated rings. The molecule has 0 bridgehead atoms. The molecule has 3 nitrogen and oxygen atoms in total. The van der Waals surface area contributed by atoms with Crippen molar-refractivity contribution in [3.05, 3.63) is 23.6 Å². The summed E-state index contributed by atoms with van der Waals surface area (Å²) in [7, 11) is 0. The monoisotopic (exact) mass is 293 g/mol. The summed E-state index contributed by atoms with van der Waals surface area (Å²) in [5, 5.41) is 3.34. The first-order valence-electron chi connectivity index (χ1n) is 8.04. The predicted octanol–water partition coefficient (Wildman–Crippen LogP) is 3.74. The minimum Gasteiger partial charge on any atom is -0.354 e. The number of anilines is 1. The van der Waals surface area contributed by atoms with E-state index in [0.29, 0.717) is 17.9 Å². The second-order valence-electron chi connectivity index (χ2n) is 7.05. The van der Waals surface area contributed by atoms with Gasteiger partial charge < -0.3 is 10.2 Å². The van der Waals surface area contributed by atoms with E-state index < -0.39 is 0 Å². The topological polar surface area (TPSA) is 28.2 Å². The third kappa shape index (κ3) is 4.40. The number of nitrogens with zero attached hydrogens (tertiary/aromatic N) is 2. The largest absolute Gasteiger partial charge is 0.354 e. The van der Waals surface area contributed by atoms with E-state index in [-0.39, 0.29) is 11.4 Å². The number of halogens is 1. The van der Waals surface area contributed by atoms with Gasteiger partial charge in [0.1, 0.15) is 0 Å². The third-order valence-corrected chi connectivity index (χ3v) is 4.25. The van der Waals surface area contributed by atoms with E-state index in [1.54, 1.807) is 12.3 Å². The Hall–Kier alpha value is -1.16. The average Bonchev–Trinajstić information content (AvgIpc) is 2.45. The number of hydrogen-bond donors (Lipinski definition) is 1. The van der Waals surface area contributed by atoms with Crippen LogP contribution in [0.4, 0.5) is 10.2 Å². The van der Waals surface area contributed by atoms with E-state index in [0.717, 1.165) is 31.8 Å². The molecule has 0 aliphatic carbocycles. The number of piperidine rings is 1. The van der Waals surface area contributed by atoms with Crippen molar-refractivity contribution in [1.29, 1.82) is 0 Å². The smallest absolute Gasteiger partial charge is 0.170 e. The molecule has 0 aromatic carbocycles. The summed E-state index contributed by atoms with van der Waals surface area (Å²) in [6.45, 7) is 10.9. The van der Waals surface area contributed by atoms with Crippen LogP contribution in [0, 0.1) is 11.7 Å². The van der Waals surface area contributed by atoms with Gasteiger partial charge in [-0.3, -0.25) is 0 Å². The molecule has 0 unspecified atom stereocenters. The summed E-state index contributed by atoms with van der Waals surface area (Å²) in [4.78, 5) is 6.38. The minimum atomic E-state index is -0.163. The highest BCUT2D eigenvalue weighted by molar-refractivity contribution is 5.43. The van der Waals surface area contributed by atoms with Gasteiger partial charge in [0.2, 0.25) is 0 Å². The van der Waals surface area contributed by atoms with Gasteiger partial charge in [0.25, 0.3) is 0 Å². The fourth-order valence-corrected chi connectivity index (χ4v) is 2.74. The summed E-state index contributed by atoms with van der Waals surface area (Å²) >= 11 is 0. The maximum Gasteiger partial charge on any atom is 0.170 e. The first-order chi connectivity index (χ1) is 9.90. The van der Waals surface area contributed by atoms with Gasteiger partial charge >= 0.3 is 0 Å². The molecular weight excluding hydrogens is 265 g/mol. The van der Waals surface area contributed by atoms with Crippen LogP contribution >= 0.6 is 0 Å². The maximum atomic E-state index is 14.7. The van der Waals surface area contributed by atoms with Crippen LogP contribution in [0.1, 0.15) is 52.5 Å². The second-order valence-corrected chi connectivity index (χ2v) is 7.05. The van der Waals surface area contributed by atoms with E-state index in [9.17, 15) is 4.39 Å². The first kappa shape index (κ1) is 16.2. The highest BCUT2D eigenvalue weighted by Crippen LogP contribution is 2.26. The van der Waals surface area contributed by atoms with Crippen molar-refractivity contribution in [2.45, 2.75) is 59.0 Å². The van der Waals surface area contributed by atoms with Crippen LogP contribution in [-0.4, -0.2) is 23.6 Å². The summed E-state index contributed by atoms with van der Waals surface area (Å²) in [6.07, 6.45) is 5.23. The van der Waals surface area contributed by atoms with Crippen LogP contribution < -0.4 is 10.2 Å². The van der Waals surface area contributed by atoms with Crippen LogP contribution in [0.2, 0.25) is 0 Å². The van der Waals surface area contributed by atoms with E-state index in [4.69, 9.17) is 0 Å². The lowest BCUT2D eigenvalue weighted by Gasteiger charge is -2.32. The van der Waals surface area contributed by atoms with Crippen molar-refractivity contribution in [1.82, 2.24) is 10.3 Å². The lowest BCUT2D eigenvalue weighted by molar-refractivity contribution is 0.389. The van der Waals surface area contributed by atoms with Crippen molar-refractivity contribution in [3.8, 4) is 0 Å². The third-order valence-electron chi connectivity index (χ3n) is 4.25. The zero-order chi connectivity index (χ0) is 15.5. The SMILES string of the molecule is CCC1CCN(c2nccc(CNC(C)(C)C)c2F)CC1. The van der Waals surface area contributed by atoms with Crippen molar-refractivity contribution >= 4 is 5.82 Å². The Balaban J connectivity index is 2.07. The van der Waals surface area contributed by atoms with Crippen LogP contribution in [0.25, 0.3) is 0 Å². The van der Waals surface area contributed by atoms with E-state index in [1.807, 2.05) is 0 Å². The van der Waals surface area contributed by atoms with Gasteiger partial charge in [0.05, 0.1) is 0 Å². The molecule has 0 saturated carbocycles. The van der Waals surface area contributed by atoms with Crippen molar-refractivity contribution in [2.24, 2.45) is 5.92 Å². The fourth-order valence-electron chi connectivity index (χ4n) is 2.74. The highest BCUT2D eigenvalue weighted by Gasteiger charge is 2.22. The molecule has 2 rings (SSSR count). The Morgan fingerprint density at radius 3 is 2.57 bits per heavy atom. The Morgan fingerprint density at radius 2 is 2.00 bits per heavy atom. The molecule has 1 aromatic heterocycles. The highest BCUT2D eigenvalue weighted by atomic mass is 19.1. The Morgan fingerprint density at radius 1 is 1.33 bits per heavy atom. The lowest BCUT2D eigenvalue weighted by Crippen LogP contribution is -2.36. The molecule has 1 saturated heterocycles. The molecule has 0 spiro atoms. The van der Waals surface area contributed by atoms with Crippen LogP contribution in [0.5, 0.6) is 0 Å². The Kier molecular flexibility index (Phi) is 5.20. The number of aromatic nitrogens is 1. The van der Waals surface area contributed by atoms with E-state index >= 15 is 0 Å². The Labute approximate surface area is 127 Å². The number of nitrogens with one attached hydrogen (secondary N) is 1. The number of hydrogen-bond acceptors (Lipinski definition) is 3.